The highest BCUT2D eigenvalue weighted by Gasteiger charge is 2.30. The molecule has 10 heteroatoms. The topological polar surface area (TPSA) is 74.8 Å². The summed E-state index contributed by atoms with van der Waals surface area (Å²) in [5.74, 6) is 0.417. The highest BCUT2D eigenvalue weighted by molar-refractivity contribution is 5.86. The molecule has 0 radical (unpaired) electrons. The molecule has 0 bridgehead atoms. The van der Waals surface area contributed by atoms with Crippen molar-refractivity contribution in [1.82, 2.24) is 14.8 Å². The van der Waals surface area contributed by atoms with Crippen molar-refractivity contribution in [2.45, 2.75) is 25.6 Å². The van der Waals surface area contributed by atoms with Crippen LogP contribution in [0.4, 0.5) is 24.7 Å². The number of hydrogen-bond donors (Lipinski definition) is 1. The van der Waals surface area contributed by atoms with E-state index in [0.29, 0.717) is 36.0 Å². The second-order valence-corrected chi connectivity index (χ2v) is 7.47. The van der Waals surface area contributed by atoms with E-state index >= 15 is 0 Å². The van der Waals surface area contributed by atoms with Gasteiger partial charge in [0.25, 0.3) is 5.91 Å². The first kappa shape index (κ1) is 21.0. The summed E-state index contributed by atoms with van der Waals surface area (Å²) in [6, 6.07) is 7.87. The van der Waals surface area contributed by atoms with E-state index in [0.717, 1.165) is 25.0 Å². The highest BCUT2D eigenvalue weighted by Crippen LogP contribution is 2.31. The van der Waals surface area contributed by atoms with Crippen molar-refractivity contribution < 1.29 is 27.5 Å². The molecule has 7 nitrogen and oxygen atoms in total. The van der Waals surface area contributed by atoms with Crippen LogP contribution in [-0.2, 0) is 22.3 Å². The van der Waals surface area contributed by atoms with Gasteiger partial charge in [0.05, 0.1) is 12.1 Å². The van der Waals surface area contributed by atoms with Gasteiger partial charge in [-0.2, -0.15) is 13.2 Å². The number of rotatable bonds is 4. The molecular weight excluding hydrogens is 413 g/mol. The van der Waals surface area contributed by atoms with Crippen LogP contribution in [-0.4, -0.2) is 52.8 Å². The zero-order valence-electron chi connectivity index (χ0n) is 16.6. The number of nitrogens with zero attached hydrogens (tertiary/aromatic N) is 3. The second-order valence-electron chi connectivity index (χ2n) is 7.47. The molecule has 1 aromatic carbocycles. The minimum absolute atomic E-state index is 0.0418. The third kappa shape index (κ3) is 4.89. The Bertz CT molecular complexity index is 973. The fourth-order valence-corrected chi connectivity index (χ4v) is 3.57. The van der Waals surface area contributed by atoms with E-state index in [1.165, 1.54) is 17.0 Å². The fraction of sp³-hybridized carbons (Fsp3) is 0.381. The minimum Gasteiger partial charge on any atom is -0.482 e. The number of carbonyl (C=O) groups excluding carboxylic acids is 2. The van der Waals surface area contributed by atoms with Gasteiger partial charge in [-0.05, 0) is 49.2 Å². The van der Waals surface area contributed by atoms with E-state index in [2.05, 4.69) is 10.3 Å². The summed E-state index contributed by atoms with van der Waals surface area (Å²) in [6.07, 6.45) is -2.47. The molecule has 164 valence electrons. The number of alkyl halides is 3. The number of anilines is 2. The molecule has 0 saturated carbocycles. The normalized spacial score (nSPS) is 16.5. The standard InChI is InChI=1S/C21H21F3N4O3/c22-21(23,24)14-3-5-15(6-4-14)25-18-8-7-17-16(26-18)11-28(20(30)13-31-17)12-19(29)27-9-1-2-10-27/h3-8H,1-2,9-13H2,(H,25,26). The lowest BCUT2D eigenvalue weighted by molar-refractivity contribution is -0.141. The molecule has 2 aliphatic heterocycles. The molecule has 1 N–H and O–H groups in total. The summed E-state index contributed by atoms with van der Waals surface area (Å²) in [4.78, 5) is 32.5. The first-order valence-electron chi connectivity index (χ1n) is 9.92. The van der Waals surface area contributed by atoms with E-state index in [9.17, 15) is 22.8 Å². The Kier molecular flexibility index (Phi) is 5.71. The highest BCUT2D eigenvalue weighted by atomic mass is 19.4. The SMILES string of the molecule is O=C(CN1Cc2nc(Nc3ccc(C(F)(F)F)cc3)ccc2OCC1=O)N1CCCC1. The average Bonchev–Trinajstić information content (AvgIpc) is 3.22. The predicted molar refractivity (Wildman–Crippen MR) is 106 cm³/mol. The maximum Gasteiger partial charge on any atom is 0.416 e. The van der Waals surface area contributed by atoms with Crippen molar-refractivity contribution in [2.24, 2.45) is 0 Å². The number of amides is 2. The Morgan fingerprint density at radius 2 is 1.81 bits per heavy atom. The third-order valence-corrected chi connectivity index (χ3v) is 5.25. The number of halogens is 3. The molecule has 0 atom stereocenters. The van der Waals surface area contributed by atoms with E-state index in [1.54, 1.807) is 17.0 Å². The van der Waals surface area contributed by atoms with Crippen LogP contribution in [0, 0.1) is 0 Å². The average molecular weight is 434 g/mol. The number of carbonyl (C=O) groups is 2. The van der Waals surface area contributed by atoms with Gasteiger partial charge >= 0.3 is 6.18 Å². The molecule has 0 spiro atoms. The van der Waals surface area contributed by atoms with Crippen molar-refractivity contribution >= 4 is 23.3 Å². The van der Waals surface area contributed by atoms with E-state index in [4.69, 9.17) is 4.74 Å². The fourth-order valence-electron chi connectivity index (χ4n) is 3.57. The Balaban J connectivity index is 1.48. The zero-order valence-corrected chi connectivity index (χ0v) is 16.6. The summed E-state index contributed by atoms with van der Waals surface area (Å²) in [5.41, 5.74) is 0.169. The minimum atomic E-state index is -4.40. The van der Waals surface area contributed by atoms with Crippen LogP contribution >= 0.6 is 0 Å². The Morgan fingerprint density at radius 1 is 1.10 bits per heavy atom. The van der Waals surface area contributed by atoms with Crippen LogP contribution in [0.25, 0.3) is 0 Å². The van der Waals surface area contributed by atoms with Gasteiger partial charge in [0.2, 0.25) is 5.91 Å². The van der Waals surface area contributed by atoms with Crippen LogP contribution in [0.3, 0.4) is 0 Å². The number of ether oxygens (including phenoxy) is 1. The van der Waals surface area contributed by atoms with Gasteiger partial charge in [0, 0.05) is 18.8 Å². The van der Waals surface area contributed by atoms with Crippen LogP contribution in [0.5, 0.6) is 5.75 Å². The Labute approximate surface area is 176 Å². The largest absolute Gasteiger partial charge is 0.482 e. The molecule has 1 saturated heterocycles. The lowest BCUT2D eigenvalue weighted by Crippen LogP contribution is -2.42. The summed E-state index contributed by atoms with van der Waals surface area (Å²) in [7, 11) is 0. The maximum absolute atomic E-state index is 12.7. The zero-order chi connectivity index (χ0) is 22.0. The van der Waals surface area contributed by atoms with Gasteiger partial charge in [-0.15, -0.1) is 0 Å². The van der Waals surface area contributed by atoms with Gasteiger partial charge in [0.1, 0.15) is 23.8 Å². The van der Waals surface area contributed by atoms with Gasteiger partial charge in [-0.25, -0.2) is 4.98 Å². The lowest BCUT2D eigenvalue weighted by Gasteiger charge is -2.23. The molecule has 2 amide bonds. The monoisotopic (exact) mass is 434 g/mol. The Hall–Kier alpha value is -3.30. The lowest BCUT2D eigenvalue weighted by atomic mass is 10.2. The molecule has 1 aromatic heterocycles. The quantitative estimate of drug-likeness (QED) is 0.800. The molecule has 4 rings (SSSR count). The van der Waals surface area contributed by atoms with Gasteiger partial charge < -0.3 is 19.9 Å². The van der Waals surface area contributed by atoms with E-state index < -0.39 is 11.7 Å². The van der Waals surface area contributed by atoms with E-state index in [1.807, 2.05) is 0 Å². The predicted octanol–water partition coefficient (Wildman–Crippen LogP) is 3.19. The molecule has 2 aliphatic rings. The number of fused-ring (bicyclic) bond motifs is 1. The number of pyridine rings is 1. The molecule has 0 unspecified atom stereocenters. The van der Waals surface area contributed by atoms with Gasteiger partial charge in [0.15, 0.2) is 6.61 Å². The number of likely N-dealkylation sites (tertiary alicyclic amines) is 1. The third-order valence-electron chi connectivity index (χ3n) is 5.25. The first-order valence-corrected chi connectivity index (χ1v) is 9.92. The summed E-state index contributed by atoms with van der Waals surface area (Å²) in [5, 5.41) is 2.95. The van der Waals surface area contributed by atoms with Gasteiger partial charge in [-0.3, -0.25) is 9.59 Å². The van der Waals surface area contributed by atoms with Crippen LogP contribution in [0.2, 0.25) is 0 Å². The summed E-state index contributed by atoms with van der Waals surface area (Å²) < 4.78 is 43.7. The summed E-state index contributed by atoms with van der Waals surface area (Å²) in [6.45, 7) is 1.28. The van der Waals surface area contributed by atoms with Crippen molar-refractivity contribution in [2.75, 3.05) is 31.6 Å². The van der Waals surface area contributed by atoms with Crippen molar-refractivity contribution in [3.05, 3.63) is 47.7 Å². The number of hydrogen-bond acceptors (Lipinski definition) is 5. The van der Waals surface area contributed by atoms with Crippen LogP contribution < -0.4 is 10.1 Å². The Morgan fingerprint density at radius 3 is 2.48 bits per heavy atom. The van der Waals surface area contributed by atoms with Crippen molar-refractivity contribution in [1.29, 1.82) is 0 Å². The smallest absolute Gasteiger partial charge is 0.416 e. The van der Waals surface area contributed by atoms with E-state index in [-0.39, 0.29) is 31.5 Å². The van der Waals surface area contributed by atoms with Crippen LogP contribution in [0.1, 0.15) is 24.1 Å². The maximum atomic E-state index is 12.7. The summed E-state index contributed by atoms with van der Waals surface area (Å²) >= 11 is 0. The van der Waals surface area contributed by atoms with Crippen molar-refractivity contribution in [3.63, 3.8) is 0 Å². The van der Waals surface area contributed by atoms with Crippen molar-refractivity contribution in [3.8, 4) is 5.75 Å². The van der Waals surface area contributed by atoms with Crippen LogP contribution in [0.15, 0.2) is 36.4 Å². The number of nitrogens with one attached hydrogen (secondary N) is 1. The molecule has 2 aromatic rings. The molecule has 1 fully saturated rings. The molecule has 31 heavy (non-hydrogen) atoms. The molecule has 3 heterocycles. The van der Waals surface area contributed by atoms with Gasteiger partial charge in [-0.1, -0.05) is 0 Å². The molecule has 0 aliphatic carbocycles. The first-order chi connectivity index (χ1) is 14.8. The second kappa shape index (κ2) is 8.44. The number of aromatic nitrogens is 1. The number of benzene rings is 1. The molecular formula is C21H21F3N4O3.